The molecule has 3 heterocycles. The average Bonchev–Trinajstić information content (AvgIpc) is 2.83. The van der Waals surface area contributed by atoms with Gasteiger partial charge < -0.3 is 20.4 Å². The Labute approximate surface area is 193 Å². The molecule has 3 amide bonds. The van der Waals surface area contributed by atoms with Crippen molar-refractivity contribution in [3.63, 3.8) is 0 Å². The van der Waals surface area contributed by atoms with Crippen molar-refractivity contribution in [3.05, 3.63) is 54.2 Å². The van der Waals surface area contributed by atoms with Gasteiger partial charge in [0, 0.05) is 51.2 Å². The number of benzene rings is 1. The van der Waals surface area contributed by atoms with Crippen LogP contribution in [0, 0.1) is 6.92 Å². The number of aryl methyl sites for hydroxylation is 1. The standard InChI is InChI=1S/C24H30N6O3/c1-18-6-2-3-7-19(18)27-22(31)16-20-24(33)26-10-11-30(20)23(32)17-28-12-14-29(15-13-28)21-8-4-5-9-25-21/h2-9,20H,10-17H2,1H3,(H,26,33)(H,27,31)/t20-/m0/s1. The van der Waals surface area contributed by atoms with Crippen molar-refractivity contribution < 1.29 is 14.4 Å². The van der Waals surface area contributed by atoms with E-state index in [0.29, 0.717) is 18.8 Å². The Bertz CT molecular complexity index is 991. The first-order chi connectivity index (χ1) is 16.0. The molecule has 0 unspecified atom stereocenters. The molecule has 174 valence electrons. The van der Waals surface area contributed by atoms with E-state index in [-0.39, 0.29) is 30.7 Å². The summed E-state index contributed by atoms with van der Waals surface area (Å²) in [5.74, 6) is 0.253. The van der Waals surface area contributed by atoms with Crippen molar-refractivity contribution >= 4 is 29.2 Å². The normalized spacial score (nSPS) is 19.2. The number of carbonyl (C=O) groups excluding carboxylic acids is 3. The third kappa shape index (κ3) is 5.67. The number of nitrogens with zero attached hydrogens (tertiary/aromatic N) is 4. The van der Waals surface area contributed by atoms with Crippen LogP contribution in [0.3, 0.4) is 0 Å². The molecule has 0 aliphatic carbocycles. The summed E-state index contributed by atoms with van der Waals surface area (Å²) in [6.07, 6.45) is 1.71. The van der Waals surface area contributed by atoms with Gasteiger partial charge in [-0.15, -0.1) is 0 Å². The van der Waals surface area contributed by atoms with Crippen LogP contribution in [-0.4, -0.2) is 84.4 Å². The van der Waals surface area contributed by atoms with E-state index in [1.165, 1.54) is 0 Å². The Hall–Kier alpha value is -3.46. The van der Waals surface area contributed by atoms with Crippen molar-refractivity contribution in [3.8, 4) is 0 Å². The van der Waals surface area contributed by atoms with Crippen LogP contribution in [-0.2, 0) is 14.4 Å². The summed E-state index contributed by atoms with van der Waals surface area (Å²) < 4.78 is 0. The van der Waals surface area contributed by atoms with E-state index >= 15 is 0 Å². The molecule has 0 saturated carbocycles. The maximum atomic E-state index is 13.1. The highest BCUT2D eigenvalue weighted by Gasteiger charge is 2.35. The van der Waals surface area contributed by atoms with E-state index in [1.54, 1.807) is 11.1 Å². The van der Waals surface area contributed by atoms with Crippen molar-refractivity contribution in [1.29, 1.82) is 0 Å². The number of aromatic nitrogens is 1. The Kier molecular flexibility index (Phi) is 7.19. The molecule has 33 heavy (non-hydrogen) atoms. The van der Waals surface area contributed by atoms with Crippen LogP contribution in [0.25, 0.3) is 0 Å². The number of rotatable bonds is 6. The first-order valence-electron chi connectivity index (χ1n) is 11.3. The summed E-state index contributed by atoms with van der Waals surface area (Å²) in [4.78, 5) is 48.6. The molecule has 9 nitrogen and oxygen atoms in total. The van der Waals surface area contributed by atoms with Crippen LogP contribution in [0.2, 0.25) is 0 Å². The zero-order valence-corrected chi connectivity index (χ0v) is 18.9. The van der Waals surface area contributed by atoms with Gasteiger partial charge in [-0.2, -0.15) is 0 Å². The maximum absolute atomic E-state index is 13.1. The van der Waals surface area contributed by atoms with Gasteiger partial charge in [0.2, 0.25) is 17.7 Å². The fraction of sp³-hybridized carbons (Fsp3) is 0.417. The lowest BCUT2D eigenvalue weighted by Gasteiger charge is -2.38. The molecule has 1 atom stereocenters. The molecule has 2 fully saturated rings. The Morgan fingerprint density at radius 1 is 1.06 bits per heavy atom. The molecular weight excluding hydrogens is 420 g/mol. The van der Waals surface area contributed by atoms with E-state index in [9.17, 15) is 14.4 Å². The summed E-state index contributed by atoms with van der Waals surface area (Å²) in [7, 11) is 0. The van der Waals surface area contributed by atoms with Crippen LogP contribution in [0.4, 0.5) is 11.5 Å². The lowest BCUT2D eigenvalue weighted by molar-refractivity contribution is -0.145. The van der Waals surface area contributed by atoms with E-state index in [4.69, 9.17) is 0 Å². The van der Waals surface area contributed by atoms with E-state index in [0.717, 1.165) is 37.6 Å². The molecular formula is C24H30N6O3. The van der Waals surface area contributed by atoms with Gasteiger partial charge in [0.1, 0.15) is 11.9 Å². The molecule has 9 heteroatoms. The second-order valence-electron chi connectivity index (χ2n) is 8.41. The maximum Gasteiger partial charge on any atom is 0.243 e. The molecule has 1 aromatic carbocycles. The zero-order chi connectivity index (χ0) is 23.2. The number of hydrogen-bond donors (Lipinski definition) is 2. The molecule has 2 N–H and O–H groups in total. The highest BCUT2D eigenvalue weighted by atomic mass is 16.2. The van der Waals surface area contributed by atoms with Gasteiger partial charge in [-0.1, -0.05) is 24.3 Å². The van der Waals surface area contributed by atoms with Crippen molar-refractivity contribution in [2.75, 3.05) is 56.0 Å². The molecule has 2 saturated heterocycles. The first-order valence-corrected chi connectivity index (χ1v) is 11.3. The number of hydrogen-bond acceptors (Lipinski definition) is 6. The van der Waals surface area contributed by atoms with Crippen LogP contribution in [0.1, 0.15) is 12.0 Å². The van der Waals surface area contributed by atoms with Gasteiger partial charge in [0.25, 0.3) is 0 Å². The predicted molar refractivity (Wildman–Crippen MR) is 126 cm³/mol. The van der Waals surface area contributed by atoms with Crippen LogP contribution in [0.5, 0.6) is 0 Å². The minimum Gasteiger partial charge on any atom is -0.354 e. The lowest BCUT2D eigenvalue weighted by Crippen LogP contribution is -2.60. The number of carbonyl (C=O) groups is 3. The summed E-state index contributed by atoms with van der Waals surface area (Å²) in [5.41, 5.74) is 1.65. The average molecular weight is 451 g/mol. The van der Waals surface area contributed by atoms with Gasteiger partial charge in [0.15, 0.2) is 0 Å². The molecule has 0 spiro atoms. The van der Waals surface area contributed by atoms with Crippen LogP contribution < -0.4 is 15.5 Å². The summed E-state index contributed by atoms with van der Waals surface area (Å²) in [5, 5.41) is 5.65. The Balaban J connectivity index is 1.33. The largest absolute Gasteiger partial charge is 0.354 e. The van der Waals surface area contributed by atoms with Crippen molar-refractivity contribution in [2.24, 2.45) is 0 Å². The molecule has 0 radical (unpaired) electrons. The minimum absolute atomic E-state index is 0.0701. The monoisotopic (exact) mass is 450 g/mol. The Morgan fingerprint density at radius 3 is 2.55 bits per heavy atom. The fourth-order valence-corrected chi connectivity index (χ4v) is 4.26. The predicted octanol–water partition coefficient (Wildman–Crippen LogP) is 0.868. The van der Waals surface area contributed by atoms with Gasteiger partial charge in [-0.3, -0.25) is 19.3 Å². The zero-order valence-electron chi connectivity index (χ0n) is 18.9. The van der Waals surface area contributed by atoms with Gasteiger partial charge in [-0.05, 0) is 30.7 Å². The fourth-order valence-electron chi connectivity index (χ4n) is 4.26. The summed E-state index contributed by atoms with van der Waals surface area (Å²) >= 11 is 0. The number of amides is 3. The second-order valence-corrected chi connectivity index (χ2v) is 8.41. The van der Waals surface area contributed by atoms with Crippen molar-refractivity contribution in [1.82, 2.24) is 20.1 Å². The van der Waals surface area contributed by atoms with E-state index in [1.807, 2.05) is 49.4 Å². The minimum atomic E-state index is -0.801. The second kappa shape index (κ2) is 10.4. The summed E-state index contributed by atoms with van der Waals surface area (Å²) in [6, 6.07) is 12.5. The van der Waals surface area contributed by atoms with E-state index in [2.05, 4.69) is 25.4 Å². The topological polar surface area (TPSA) is 97.9 Å². The lowest BCUT2D eigenvalue weighted by atomic mass is 10.1. The molecule has 2 aromatic rings. The van der Waals surface area contributed by atoms with Crippen LogP contribution in [0.15, 0.2) is 48.7 Å². The van der Waals surface area contributed by atoms with Gasteiger partial charge in [0.05, 0.1) is 13.0 Å². The summed E-state index contributed by atoms with van der Waals surface area (Å²) in [6.45, 7) is 5.99. The number of piperazine rings is 2. The molecule has 2 aliphatic heterocycles. The molecule has 4 rings (SSSR count). The molecule has 1 aromatic heterocycles. The van der Waals surface area contributed by atoms with E-state index < -0.39 is 6.04 Å². The highest BCUT2D eigenvalue weighted by molar-refractivity contribution is 5.98. The Morgan fingerprint density at radius 2 is 1.82 bits per heavy atom. The smallest absolute Gasteiger partial charge is 0.243 e. The highest BCUT2D eigenvalue weighted by Crippen LogP contribution is 2.17. The van der Waals surface area contributed by atoms with Crippen LogP contribution >= 0.6 is 0 Å². The molecule has 0 bridgehead atoms. The first kappa shape index (κ1) is 22.7. The third-order valence-electron chi connectivity index (χ3n) is 6.15. The number of para-hydroxylation sites is 1. The molecule has 2 aliphatic rings. The van der Waals surface area contributed by atoms with Gasteiger partial charge >= 0.3 is 0 Å². The third-order valence-corrected chi connectivity index (χ3v) is 6.15. The number of anilines is 2. The quantitative estimate of drug-likeness (QED) is 0.678. The SMILES string of the molecule is Cc1ccccc1NC(=O)C[C@H]1C(=O)NCCN1C(=O)CN1CCN(c2ccccn2)CC1. The van der Waals surface area contributed by atoms with Gasteiger partial charge in [-0.25, -0.2) is 4.98 Å². The van der Waals surface area contributed by atoms with Crippen molar-refractivity contribution in [2.45, 2.75) is 19.4 Å². The number of pyridine rings is 1. The number of nitrogens with one attached hydrogen (secondary N) is 2.